The Kier molecular flexibility index (Phi) is 3.90. The molecule has 0 saturated heterocycles. The summed E-state index contributed by atoms with van der Waals surface area (Å²) in [5.41, 5.74) is 1.95. The molecular weight excluding hydrogens is 245 g/mol. The summed E-state index contributed by atoms with van der Waals surface area (Å²) in [5, 5.41) is 0. The fraction of sp³-hybridized carbons (Fsp3) is 0.200. The first-order valence-electron chi connectivity index (χ1n) is 5.92. The second kappa shape index (κ2) is 5.61. The first-order valence-corrected chi connectivity index (χ1v) is 5.92. The van der Waals surface area contributed by atoms with Crippen LogP contribution in [0.5, 0.6) is 5.75 Å². The third-order valence-corrected chi connectivity index (χ3v) is 2.66. The zero-order valence-corrected chi connectivity index (χ0v) is 10.8. The second-order valence-corrected chi connectivity index (χ2v) is 4.26. The number of nitrogens with zero attached hydrogens (tertiary/aromatic N) is 1. The molecule has 19 heavy (non-hydrogen) atoms. The largest absolute Gasteiger partial charge is 0.484 e. The minimum absolute atomic E-state index is 0.119. The second-order valence-electron chi connectivity index (χ2n) is 4.26. The Balaban J connectivity index is 2.10. The molecule has 0 N–H and O–H groups in total. The number of ether oxygens (including phenoxy) is 1. The predicted octanol–water partition coefficient (Wildman–Crippen LogP) is 3.31. The number of aryl methyl sites for hydroxylation is 1. The summed E-state index contributed by atoms with van der Waals surface area (Å²) in [7, 11) is 0. The van der Waals surface area contributed by atoms with Crippen LogP contribution in [0.1, 0.15) is 28.7 Å². The molecule has 4 heteroatoms. The average molecular weight is 259 g/mol. The number of carbonyl (C=O) groups is 1. The van der Waals surface area contributed by atoms with E-state index in [1.54, 1.807) is 6.07 Å². The molecule has 0 aliphatic heterocycles. The van der Waals surface area contributed by atoms with Crippen molar-refractivity contribution in [3.8, 4) is 5.75 Å². The Morgan fingerprint density at radius 1 is 1.32 bits per heavy atom. The molecule has 0 aliphatic rings. The van der Waals surface area contributed by atoms with Crippen molar-refractivity contribution in [2.75, 3.05) is 0 Å². The quantitative estimate of drug-likeness (QED) is 0.791. The Morgan fingerprint density at radius 2 is 2.11 bits per heavy atom. The minimum Gasteiger partial charge on any atom is -0.484 e. The lowest BCUT2D eigenvalue weighted by Crippen LogP contribution is -2.01. The molecule has 1 aromatic heterocycles. The number of hydrogen-bond acceptors (Lipinski definition) is 3. The molecule has 0 aliphatic carbocycles. The maximum atomic E-state index is 13.7. The van der Waals surface area contributed by atoms with Gasteiger partial charge in [0.2, 0.25) is 0 Å². The lowest BCUT2D eigenvalue weighted by Gasteiger charge is -2.08. The molecule has 0 amide bonds. The summed E-state index contributed by atoms with van der Waals surface area (Å²) in [6, 6.07) is 9.75. The van der Waals surface area contributed by atoms with E-state index in [0.29, 0.717) is 5.56 Å². The van der Waals surface area contributed by atoms with Gasteiger partial charge in [0.15, 0.2) is 17.3 Å². The number of rotatable bonds is 4. The number of aromatic nitrogens is 1. The number of ketones is 1. The third kappa shape index (κ3) is 3.37. The molecule has 0 saturated carbocycles. The molecule has 3 nitrogen and oxygen atoms in total. The summed E-state index contributed by atoms with van der Waals surface area (Å²) in [4.78, 5) is 15.4. The summed E-state index contributed by atoms with van der Waals surface area (Å²) in [5.74, 6) is -0.598. The normalized spacial score (nSPS) is 10.3. The van der Waals surface area contributed by atoms with Crippen molar-refractivity contribution in [1.29, 1.82) is 0 Å². The van der Waals surface area contributed by atoms with Crippen LogP contribution in [0.3, 0.4) is 0 Å². The highest BCUT2D eigenvalue weighted by Crippen LogP contribution is 2.19. The Morgan fingerprint density at radius 3 is 2.74 bits per heavy atom. The van der Waals surface area contributed by atoms with Crippen LogP contribution in [-0.4, -0.2) is 10.8 Å². The van der Waals surface area contributed by atoms with E-state index in [4.69, 9.17) is 4.74 Å². The Bertz CT molecular complexity index is 611. The maximum absolute atomic E-state index is 13.7. The number of hydrogen-bond donors (Lipinski definition) is 0. The average Bonchev–Trinajstić information content (AvgIpc) is 2.37. The summed E-state index contributed by atoms with van der Waals surface area (Å²) in [6.07, 6.45) is 0. The summed E-state index contributed by atoms with van der Waals surface area (Å²) < 4.78 is 19.1. The van der Waals surface area contributed by atoms with Gasteiger partial charge in [-0.25, -0.2) is 4.39 Å². The topological polar surface area (TPSA) is 39.2 Å². The summed E-state index contributed by atoms with van der Waals surface area (Å²) >= 11 is 0. The van der Waals surface area contributed by atoms with Gasteiger partial charge in [0.05, 0.1) is 5.69 Å². The van der Waals surface area contributed by atoms with E-state index >= 15 is 0 Å². The summed E-state index contributed by atoms with van der Waals surface area (Å²) in [6.45, 7) is 3.47. The third-order valence-electron chi connectivity index (χ3n) is 2.66. The van der Waals surface area contributed by atoms with Gasteiger partial charge in [-0.3, -0.25) is 9.78 Å². The molecule has 0 bridgehead atoms. The van der Waals surface area contributed by atoms with Crippen molar-refractivity contribution in [3.05, 3.63) is 59.2 Å². The van der Waals surface area contributed by atoms with Crippen molar-refractivity contribution in [1.82, 2.24) is 4.98 Å². The van der Waals surface area contributed by atoms with Gasteiger partial charge in [-0.2, -0.15) is 0 Å². The zero-order valence-electron chi connectivity index (χ0n) is 10.8. The van der Waals surface area contributed by atoms with Crippen LogP contribution in [0.25, 0.3) is 0 Å². The number of benzene rings is 1. The number of halogens is 1. The van der Waals surface area contributed by atoms with E-state index in [1.165, 1.54) is 19.1 Å². The minimum atomic E-state index is -0.541. The lowest BCUT2D eigenvalue weighted by atomic mass is 10.1. The van der Waals surface area contributed by atoms with Crippen molar-refractivity contribution in [2.45, 2.75) is 20.5 Å². The molecule has 1 aromatic carbocycles. The number of carbonyl (C=O) groups excluding carboxylic acids is 1. The Hall–Kier alpha value is -2.23. The molecular formula is C15H14FNO2. The van der Waals surface area contributed by atoms with Crippen LogP contribution >= 0.6 is 0 Å². The monoisotopic (exact) mass is 259 g/mol. The van der Waals surface area contributed by atoms with Crippen LogP contribution in [-0.2, 0) is 6.61 Å². The van der Waals surface area contributed by atoms with E-state index < -0.39 is 5.82 Å². The van der Waals surface area contributed by atoms with Gasteiger partial charge in [-0.05, 0) is 44.2 Å². The zero-order chi connectivity index (χ0) is 13.8. The fourth-order valence-corrected chi connectivity index (χ4v) is 1.67. The highest BCUT2D eigenvalue weighted by Gasteiger charge is 2.08. The predicted molar refractivity (Wildman–Crippen MR) is 69.7 cm³/mol. The van der Waals surface area contributed by atoms with Crippen LogP contribution in [0.2, 0.25) is 0 Å². The highest BCUT2D eigenvalue weighted by atomic mass is 19.1. The van der Waals surface area contributed by atoms with E-state index in [9.17, 15) is 9.18 Å². The van der Waals surface area contributed by atoms with E-state index in [1.807, 2.05) is 25.1 Å². The smallest absolute Gasteiger partial charge is 0.165 e. The van der Waals surface area contributed by atoms with Crippen LogP contribution in [0, 0.1) is 12.7 Å². The van der Waals surface area contributed by atoms with Gasteiger partial charge in [0.25, 0.3) is 0 Å². The SMILES string of the molecule is CC(=O)c1ccc(OCc2cccc(C)n2)c(F)c1. The molecule has 2 aromatic rings. The van der Waals surface area contributed by atoms with Crippen LogP contribution in [0.15, 0.2) is 36.4 Å². The standard InChI is InChI=1S/C15H14FNO2/c1-10-4-3-5-13(17-10)9-19-15-7-6-12(11(2)18)8-14(15)16/h3-8H,9H2,1-2H3. The van der Waals surface area contributed by atoms with Gasteiger partial charge in [-0.1, -0.05) is 6.07 Å². The number of pyridine rings is 1. The first-order chi connectivity index (χ1) is 9.06. The Labute approximate surface area is 111 Å². The van der Waals surface area contributed by atoms with Crippen LogP contribution in [0.4, 0.5) is 4.39 Å². The molecule has 98 valence electrons. The van der Waals surface area contributed by atoms with E-state index in [-0.39, 0.29) is 18.1 Å². The van der Waals surface area contributed by atoms with Crippen molar-refractivity contribution in [2.24, 2.45) is 0 Å². The van der Waals surface area contributed by atoms with Gasteiger partial charge in [-0.15, -0.1) is 0 Å². The molecule has 1 heterocycles. The van der Waals surface area contributed by atoms with E-state index in [0.717, 1.165) is 11.4 Å². The lowest BCUT2D eigenvalue weighted by molar-refractivity contribution is 0.101. The van der Waals surface area contributed by atoms with Crippen LogP contribution < -0.4 is 4.74 Å². The number of Topliss-reactive ketones (excluding diaryl/α,β-unsaturated/α-hetero) is 1. The molecule has 0 atom stereocenters. The van der Waals surface area contributed by atoms with Gasteiger partial charge >= 0.3 is 0 Å². The van der Waals surface area contributed by atoms with Crippen molar-refractivity contribution < 1.29 is 13.9 Å². The van der Waals surface area contributed by atoms with Gasteiger partial charge < -0.3 is 4.74 Å². The van der Waals surface area contributed by atoms with Gasteiger partial charge in [0.1, 0.15) is 6.61 Å². The first kappa shape index (κ1) is 13.2. The molecule has 0 fully saturated rings. The van der Waals surface area contributed by atoms with E-state index in [2.05, 4.69) is 4.98 Å². The molecule has 0 unspecified atom stereocenters. The fourth-order valence-electron chi connectivity index (χ4n) is 1.67. The van der Waals surface area contributed by atoms with Crippen molar-refractivity contribution >= 4 is 5.78 Å². The highest BCUT2D eigenvalue weighted by molar-refractivity contribution is 5.94. The molecule has 2 rings (SSSR count). The van der Waals surface area contributed by atoms with Gasteiger partial charge in [0, 0.05) is 11.3 Å². The maximum Gasteiger partial charge on any atom is 0.165 e. The molecule has 0 radical (unpaired) electrons. The van der Waals surface area contributed by atoms with Crippen molar-refractivity contribution in [3.63, 3.8) is 0 Å². The molecule has 0 spiro atoms.